The maximum absolute atomic E-state index is 13.8. The van der Waals surface area contributed by atoms with E-state index < -0.39 is 11.7 Å². The number of aromatic nitrogens is 1. The van der Waals surface area contributed by atoms with Gasteiger partial charge in [0.2, 0.25) is 5.43 Å². The molecule has 0 radical (unpaired) electrons. The predicted octanol–water partition coefficient (Wildman–Crippen LogP) is 5.02. The Bertz CT molecular complexity index is 1480. The fourth-order valence-corrected chi connectivity index (χ4v) is 4.89. The number of carbonyl (C=O) groups is 1. The van der Waals surface area contributed by atoms with Crippen molar-refractivity contribution in [1.29, 1.82) is 0 Å². The number of methoxy groups -OCH3 is 1. The number of aryl methyl sites for hydroxylation is 1. The van der Waals surface area contributed by atoms with Crippen LogP contribution in [0.5, 0.6) is 11.5 Å². The van der Waals surface area contributed by atoms with Gasteiger partial charge in [0.1, 0.15) is 23.2 Å². The van der Waals surface area contributed by atoms with Crippen molar-refractivity contribution in [1.82, 2.24) is 4.57 Å². The van der Waals surface area contributed by atoms with E-state index in [0.717, 1.165) is 16.3 Å². The molecule has 0 aliphatic carbocycles. The Hall–Kier alpha value is -3.54. The Morgan fingerprint density at radius 1 is 1.16 bits per heavy atom. The van der Waals surface area contributed by atoms with Crippen molar-refractivity contribution in [3.8, 4) is 11.5 Å². The number of ether oxygens (including phenoxy) is 3. The normalized spacial score (nSPS) is 17.2. The van der Waals surface area contributed by atoms with Gasteiger partial charge in [0.25, 0.3) is 0 Å². The first-order valence-corrected chi connectivity index (χ1v) is 10.6. The third-order valence-corrected chi connectivity index (χ3v) is 6.21. The summed E-state index contributed by atoms with van der Waals surface area (Å²) < 4.78 is 19.6. The molecule has 32 heavy (non-hydrogen) atoms. The molecule has 164 valence electrons. The van der Waals surface area contributed by atoms with Crippen molar-refractivity contribution in [2.45, 2.75) is 38.9 Å². The Morgan fingerprint density at radius 3 is 2.50 bits per heavy atom. The van der Waals surface area contributed by atoms with Gasteiger partial charge < -0.3 is 18.8 Å². The highest BCUT2D eigenvalue weighted by Crippen LogP contribution is 2.47. The zero-order valence-electron chi connectivity index (χ0n) is 18.8. The van der Waals surface area contributed by atoms with Gasteiger partial charge in [-0.25, -0.2) is 0 Å². The Morgan fingerprint density at radius 2 is 1.84 bits per heavy atom. The average Bonchev–Trinajstić information content (AvgIpc) is 2.74. The number of nitrogens with zero attached hydrogens (tertiary/aromatic N) is 1. The second-order valence-corrected chi connectivity index (χ2v) is 8.98. The number of rotatable bonds is 2. The molecule has 5 rings (SSSR count). The SMILES string of the molecule is COc1cc2c(c3c1c(=O)c1cc4ccccc4cc1n3C)C(OC(C)=O)CC(C)(C)O2. The molecule has 0 saturated heterocycles. The number of fused-ring (bicyclic) bond motifs is 5. The van der Waals surface area contributed by atoms with Crippen molar-refractivity contribution in [3.63, 3.8) is 0 Å². The highest BCUT2D eigenvalue weighted by Gasteiger charge is 2.39. The molecule has 2 heterocycles. The third-order valence-electron chi connectivity index (χ3n) is 6.21. The molecule has 0 fully saturated rings. The van der Waals surface area contributed by atoms with Crippen molar-refractivity contribution in [3.05, 3.63) is 58.3 Å². The average molecular weight is 431 g/mol. The first-order valence-electron chi connectivity index (χ1n) is 10.6. The Kier molecular flexibility index (Phi) is 4.45. The van der Waals surface area contributed by atoms with Crippen LogP contribution in [0.4, 0.5) is 0 Å². The van der Waals surface area contributed by atoms with E-state index in [1.807, 2.05) is 61.9 Å². The van der Waals surface area contributed by atoms with E-state index >= 15 is 0 Å². The van der Waals surface area contributed by atoms with Crippen LogP contribution in [0.1, 0.15) is 38.9 Å². The summed E-state index contributed by atoms with van der Waals surface area (Å²) >= 11 is 0. The molecule has 0 bridgehead atoms. The molecule has 1 unspecified atom stereocenters. The number of hydrogen-bond donors (Lipinski definition) is 0. The quantitative estimate of drug-likeness (QED) is 0.329. The molecule has 1 atom stereocenters. The van der Waals surface area contributed by atoms with Crippen LogP contribution in [0.25, 0.3) is 32.6 Å². The second kappa shape index (κ2) is 6.99. The van der Waals surface area contributed by atoms with Crippen molar-refractivity contribution in [2.75, 3.05) is 7.11 Å². The van der Waals surface area contributed by atoms with E-state index in [4.69, 9.17) is 14.2 Å². The predicted molar refractivity (Wildman–Crippen MR) is 125 cm³/mol. The van der Waals surface area contributed by atoms with E-state index in [1.165, 1.54) is 6.92 Å². The largest absolute Gasteiger partial charge is 0.496 e. The lowest BCUT2D eigenvalue weighted by Gasteiger charge is -2.38. The third kappa shape index (κ3) is 3.01. The van der Waals surface area contributed by atoms with Gasteiger partial charge in [0.05, 0.1) is 29.1 Å². The minimum atomic E-state index is -0.544. The molecule has 0 saturated carbocycles. The molecule has 0 N–H and O–H groups in total. The van der Waals surface area contributed by atoms with E-state index in [1.54, 1.807) is 13.2 Å². The fourth-order valence-electron chi connectivity index (χ4n) is 4.89. The van der Waals surface area contributed by atoms with Gasteiger partial charge in [-0.3, -0.25) is 9.59 Å². The molecule has 6 heteroatoms. The number of esters is 1. The van der Waals surface area contributed by atoms with E-state index in [-0.39, 0.29) is 11.4 Å². The zero-order valence-corrected chi connectivity index (χ0v) is 18.8. The molecule has 1 aliphatic rings. The van der Waals surface area contributed by atoms with Crippen molar-refractivity contribution in [2.24, 2.45) is 7.05 Å². The summed E-state index contributed by atoms with van der Waals surface area (Å²) in [6.07, 6.45) is -0.0616. The minimum Gasteiger partial charge on any atom is -0.496 e. The second-order valence-electron chi connectivity index (χ2n) is 8.98. The van der Waals surface area contributed by atoms with E-state index in [0.29, 0.717) is 39.8 Å². The van der Waals surface area contributed by atoms with Gasteiger partial charge in [-0.05, 0) is 36.8 Å². The van der Waals surface area contributed by atoms with Gasteiger partial charge in [0.15, 0.2) is 0 Å². The lowest BCUT2D eigenvalue weighted by molar-refractivity contribution is -0.150. The standard InChI is InChI=1S/C26H25NO5/c1-14(28)31-21-13-26(2,3)32-20-12-19(30-5)23-24(22(20)21)27(4)18-11-16-9-7-6-8-15(16)10-17(18)25(23)29/h6-12,21H,13H2,1-5H3. The molecule has 6 nitrogen and oxygen atoms in total. The first kappa shape index (κ1) is 20.4. The first-order chi connectivity index (χ1) is 15.2. The molecule has 0 spiro atoms. The molecular formula is C26H25NO5. The van der Waals surface area contributed by atoms with Gasteiger partial charge in [-0.1, -0.05) is 24.3 Å². The van der Waals surface area contributed by atoms with Gasteiger partial charge in [-0.15, -0.1) is 0 Å². The van der Waals surface area contributed by atoms with Gasteiger partial charge >= 0.3 is 5.97 Å². The number of hydrogen-bond acceptors (Lipinski definition) is 5. The molecule has 0 amide bonds. The van der Waals surface area contributed by atoms with Crippen LogP contribution in [0.2, 0.25) is 0 Å². The van der Waals surface area contributed by atoms with Crippen LogP contribution in [0, 0.1) is 0 Å². The Balaban J connectivity index is 1.97. The monoisotopic (exact) mass is 431 g/mol. The Labute approximate surface area is 185 Å². The summed E-state index contributed by atoms with van der Waals surface area (Å²) in [6.45, 7) is 5.30. The summed E-state index contributed by atoms with van der Waals surface area (Å²) in [4.78, 5) is 25.7. The van der Waals surface area contributed by atoms with Crippen molar-refractivity contribution >= 4 is 38.5 Å². The topological polar surface area (TPSA) is 66.8 Å². The van der Waals surface area contributed by atoms with E-state index in [2.05, 4.69) is 0 Å². The molecule has 4 aromatic rings. The van der Waals surface area contributed by atoms with E-state index in [9.17, 15) is 9.59 Å². The number of pyridine rings is 1. The molecule has 1 aliphatic heterocycles. The fraction of sp³-hybridized carbons (Fsp3) is 0.308. The summed E-state index contributed by atoms with van der Waals surface area (Å²) in [5, 5.41) is 3.10. The smallest absolute Gasteiger partial charge is 0.303 e. The van der Waals surface area contributed by atoms with Crippen LogP contribution < -0.4 is 14.9 Å². The minimum absolute atomic E-state index is 0.120. The summed E-state index contributed by atoms with van der Waals surface area (Å²) in [5.74, 6) is 0.625. The lowest BCUT2D eigenvalue weighted by Crippen LogP contribution is -2.36. The maximum atomic E-state index is 13.8. The summed E-state index contributed by atoms with van der Waals surface area (Å²) in [5.41, 5.74) is 1.49. The van der Waals surface area contributed by atoms with Crippen LogP contribution in [0.15, 0.2) is 47.3 Å². The molecule has 1 aromatic heterocycles. The van der Waals surface area contributed by atoms with Crippen LogP contribution >= 0.6 is 0 Å². The summed E-state index contributed by atoms with van der Waals surface area (Å²) in [6, 6.07) is 13.6. The van der Waals surface area contributed by atoms with Crippen molar-refractivity contribution < 1.29 is 19.0 Å². The maximum Gasteiger partial charge on any atom is 0.303 e. The molecular weight excluding hydrogens is 406 g/mol. The summed E-state index contributed by atoms with van der Waals surface area (Å²) in [7, 11) is 3.46. The van der Waals surface area contributed by atoms with Crippen LogP contribution in [-0.4, -0.2) is 23.2 Å². The lowest BCUT2D eigenvalue weighted by atomic mass is 9.89. The highest BCUT2D eigenvalue weighted by atomic mass is 16.6. The highest BCUT2D eigenvalue weighted by molar-refractivity contribution is 6.04. The van der Waals surface area contributed by atoms with Gasteiger partial charge in [0, 0.05) is 31.8 Å². The van der Waals surface area contributed by atoms with Crippen LogP contribution in [-0.2, 0) is 16.6 Å². The number of benzene rings is 3. The number of carbonyl (C=O) groups excluding carboxylic acids is 1. The van der Waals surface area contributed by atoms with Gasteiger partial charge in [-0.2, -0.15) is 0 Å². The zero-order chi connectivity index (χ0) is 22.8. The van der Waals surface area contributed by atoms with Crippen LogP contribution in [0.3, 0.4) is 0 Å². The molecule has 3 aromatic carbocycles.